The van der Waals surface area contributed by atoms with Gasteiger partial charge in [0.25, 0.3) is 0 Å². The molecule has 0 fully saturated rings. The second-order valence-corrected chi connectivity index (χ2v) is 1.23. The topological polar surface area (TPSA) is 49.7 Å². The van der Waals surface area contributed by atoms with Gasteiger partial charge in [-0.15, -0.1) is 0 Å². The van der Waals surface area contributed by atoms with Crippen LogP contribution in [0, 0.1) is 0 Å². The number of hydrogen-bond donors (Lipinski definition) is 1. The summed E-state index contributed by atoms with van der Waals surface area (Å²) in [5, 5.41) is 10.4. The van der Waals surface area contributed by atoms with Crippen LogP contribution >= 0.6 is 0 Å². The van der Waals surface area contributed by atoms with E-state index in [4.69, 9.17) is 5.21 Å². The zero-order chi connectivity index (χ0) is 6.41. The Labute approximate surface area is 47.3 Å². The van der Waals surface area contributed by atoms with E-state index in [1.807, 2.05) is 0 Å². The third-order valence-electron chi connectivity index (χ3n) is 0.484. The Hall–Kier alpha value is -1.12. The van der Waals surface area contributed by atoms with Crippen molar-refractivity contribution in [1.82, 2.24) is 0 Å². The summed E-state index contributed by atoms with van der Waals surface area (Å²) >= 11 is 0. The highest BCUT2D eigenvalue weighted by Gasteiger charge is 1.75. The third kappa shape index (κ3) is 4.88. The van der Waals surface area contributed by atoms with E-state index in [1.165, 1.54) is 19.1 Å². The summed E-state index contributed by atoms with van der Waals surface area (Å²) in [5.41, 5.74) is 0. The molecule has 0 atom stereocenters. The molecule has 0 radical (unpaired) electrons. The maximum absolute atomic E-state index is 10.1. The van der Waals surface area contributed by atoms with Gasteiger partial charge in [-0.3, -0.25) is 4.79 Å². The van der Waals surface area contributed by atoms with Crippen molar-refractivity contribution in [3.63, 3.8) is 0 Å². The van der Waals surface area contributed by atoms with E-state index in [1.54, 1.807) is 0 Å². The first-order valence-electron chi connectivity index (χ1n) is 2.12. The molecule has 0 saturated heterocycles. The molecule has 0 aliphatic heterocycles. The molecule has 0 saturated carbocycles. The Balaban J connectivity index is 3.50. The van der Waals surface area contributed by atoms with Crippen LogP contribution in [-0.4, -0.2) is 17.2 Å². The van der Waals surface area contributed by atoms with Crippen LogP contribution in [0.1, 0.15) is 6.92 Å². The lowest BCUT2D eigenvalue weighted by molar-refractivity contribution is -0.112. The van der Waals surface area contributed by atoms with Gasteiger partial charge in [0.2, 0.25) is 0 Å². The van der Waals surface area contributed by atoms with Crippen molar-refractivity contribution in [3.05, 3.63) is 12.2 Å². The summed E-state index contributed by atoms with van der Waals surface area (Å²) in [6.07, 6.45) is 3.80. The highest BCUT2D eigenvalue weighted by atomic mass is 16.4. The second-order valence-electron chi connectivity index (χ2n) is 1.23. The SMILES string of the molecule is CC(=O)/C=C\C=N/O. The van der Waals surface area contributed by atoms with Gasteiger partial charge in [-0.05, 0) is 19.1 Å². The van der Waals surface area contributed by atoms with Crippen molar-refractivity contribution < 1.29 is 10.0 Å². The lowest BCUT2D eigenvalue weighted by atomic mass is 10.4. The number of hydrogen-bond acceptors (Lipinski definition) is 3. The summed E-state index contributed by atoms with van der Waals surface area (Å²) < 4.78 is 0. The summed E-state index contributed by atoms with van der Waals surface area (Å²) in [7, 11) is 0. The van der Waals surface area contributed by atoms with Crippen LogP contribution in [0.4, 0.5) is 0 Å². The molecule has 3 nitrogen and oxygen atoms in total. The molecule has 0 aromatic heterocycles. The van der Waals surface area contributed by atoms with E-state index in [0.717, 1.165) is 6.21 Å². The van der Waals surface area contributed by atoms with Gasteiger partial charge in [0.15, 0.2) is 5.78 Å². The van der Waals surface area contributed by atoms with E-state index >= 15 is 0 Å². The van der Waals surface area contributed by atoms with E-state index < -0.39 is 0 Å². The van der Waals surface area contributed by atoms with Crippen LogP contribution in [-0.2, 0) is 4.79 Å². The maximum Gasteiger partial charge on any atom is 0.152 e. The largest absolute Gasteiger partial charge is 0.411 e. The second kappa shape index (κ2) is 4.05. The van der Waals surface area contributed by atoms with Crippen LogP contribution in [0.3, 0.4) is 0 Å². The molecule has 0 aromatic rings. The van der Waals surface area contributed by atoms with Crippen LogP contribution in [0.2, 0.25) is 0 Å². The normalized spacial score (nSPS) is 11.1. The van der Waals surface area contributed by atoms with E-state index in [-0.39, 0.29) is 5.78 Å². The Morgan fingerprint density at radius 2 is 2.38 bits per heavy atom. The Morgan fingerprint density at radius 3 is 2.75 bits per heavy atom. The molecule has 0 heterocycles. The number of carbonyl (C=O) groups is 1. The van der Waals surface area contributed by atoms with Gasteiger partial charge in [-0.2, -0.15) is 0 Å². The highest BCUT2D eigenvalue weighted by molar-refractivity contribution is 5.91. The van der Waals surface area contributed by atoms with Crippen LogP contribution < -0.4 is 0 Å². The predicted molar refractivity (Wildman–Crippen MR) is 30.1 cm³/mol. The standard InChI is InChI=1S/C5H7NO2/c1-5(7)3-2-4-6-8/h2-4,8H,1H3/b3-2-,6-4-. The number of nitrogens with zero attached hydrogens (tertiary/aromatic N) is 1. The molecule has 1 N–H and O–H groups in total. The number of carbonyl (C=O) groups excluding carboxylic acids is 1. The first kappa shape index (κ1) is 6.88. The zero-order valence-electron chi connectivity index (χ0n) is 4.53. The molecule has 0 aliphatic rings. The van der Waals surface area contributed by atoms with E-state index in [0.29, 0.717) is 0 Å². The number of rotatable bonds is 2. The van der Waals surface area contributed by atoms with Crippen LogP contribution in [0.25, 0.3) is 0 Å². The lowest BCUT2D eigenvalue weighted by Crippen LogP contribution is -1.78. The fraction of sp³-hybridized carbons (Fsp3) is 0.200. The molecule has 0 aromatic carbocycles. The summed E-state index contributed by atoms with van der Waals surface area (Å²) in [6.45, 7) is 1.42. The lowest BCUT2D eigenvalue weighted by Gasteiger charge is -1.71. The van der Waals surface area contributed by atoms with Gasteiger partial charge in [0.05, 0.1) is 6.21 Å². The quantitative estimate of drug-likeness (QED) is 0.246. The van der Waals surface area contributed by atoms with Gasteiger partial charge in [0.1, 0.15) is 0 Å². The monoisotopic (exact) mass is 113 g/mol. The molecule has 0 aliphatic carbocycles. The van der Waals surface area contributed by atoms with Crippen molar-refractivity contribution in [2.24, 2.45) is 5.16 Å². The Bertz CT molecular complexity index is 126. The summed E-state index contributed by atoms with van der Waals surface area (Å²) in [6, 6.07) is 0. The minimum absolute atomic E-state index is 0.0649. The van der Waals surface area contributed by atoms with Crippen molar-refractivity contribution in [2.75, 3.05) is 0 Å². The number of ketones is 1. The average Bonchev–Trinajstić information content (AvgIpc) is 1.66. The molecular formula is C5H7NO2. The van der Waals surface area contributed by atoms with Crippen molar-refractivity contribution in [3.8, 4) is 0 Å². The molecule has 44 valence electrons. The molecular weight excluding hydrogens is 106 g/mol. The van der Waals surface area contributed by atoms with Crippen molar-refractivity contribution in [1.29, 1.82) is 0 Å². The van der Waals surface area contributed by atoms with Gasteiger partial charge < -0.3 is 5.21 Å². The summed E-state index contributed by atoms with van der Waals surface area (Å²) in [5.74, 6) is -0.0649. The van der Waals surface area contributed by atoms with E-state index in [2.05, 4.69) is 5.16 Å². The zero-order valence-corrected chi connectivity index (χ0v) is 4.53. The predicted octanol–water partition coefficient (Wildman–Crippen LogP) is 0.592. The van der Waals surface area contributed by atoms with Crippen molar-refractivity contribution in [2.45, 2.75) is 6.92 Å². The number of oxime groups is 1. The molecule has 0 bridgehead atoms. The van der Waals surface area contributed by atoms with Gasteiger partial charge in [0, 0.05) is 0 Å². The van der Waals surface area contributed by atoms with Crippen LogP contribution in [0.5, 0.6) is 0 Å². The fourth-order valence-electron chi connectivity index (χ4n) is 0.217. The molecule has 0 rings (SSSR count). The van der Waals surface area contributed by atoms with E-state index in [9.17, 15) is 4.79 Å². The minimum Gasteiger partial charge on any atom is -0.411 e. The van der Waals surface area contributed by atoms with Gasteiger partial charge in [-0.1, -0.05) is 5.16 Å². The maximum atomic E-state index is 10.1. The highest BCUT2D eigenvalue weighted by Crippen LogP contribution is 1.69. The Kier molecular flexibility index (Phi) is 3.48. The molecule has 0 unspecified atom stereocenters. The molecule has 0 amide bonds. The van der Waals surface area contributed by atoms with Crippen LogP contribution in [0.15, 0.2) is 17.3 Å². The van der Waals surface area contributed by atoms with Crippen molar-refractivity contribution >= 4 is 12.0 Å². The fourth-order valence-corrected chi connectivity index (χ4v) is 0.217. The molecule has 8 heavy (non-hydrogen) atoms. The number of allylic oxidation sites excluding steroid dienone is 2. The first-order chi connectivity index (χ1) is 3.77. The smallest absolute Gasteiger partial charge is 0.152 e. The van der Waals surface area contributed by atoms with Gasteiger partial charge in [-0.25, -0.2) is 0 Å². The van der Waals surface area contributed by atoms with Gasteiger partial charge >= 0.3 is 0 Å². The Morgan fingerprint density at radius 1 is 1.75 bits per heavy atom. The summed E-state index contributed by atoms with van der Waals surface area (Å²) in [4.78, 5) is 10.1. The first-order valence-corrected chi connectivity index (χ1v) is 2.12. The third-order valence-corrected chi connectivity index (χ3v) is 0.484. The minimum atomic E-state index is -0.0649. The molecule has 0 spiro atoms. The average molecular weight is 113 g/mol. The molecule has 3 heteroatoms.